The molecule has 0 bridgehead atoms. The maximum atomic E-state index is 13.6. The molecular formula is C28H30F3N5O6S. The van der Waals surface area contributed by atoms with Crippen LogP contribution < -0.4 is 16.4 Å². The number of ketones is 2. The highest BCUT2D eigenvalue weighted by Gasteiger charge is 2.39. The summed E-state index contributed by atoms with van der Waals surface area (Å²) in [5.41, 5.74) is 7.93. The van der Waals surface area contributed by atoms with Crippen molar-refractivity contribution in [1.82, 2.24) is 20.5 Å². The number of carboxylic acid groups (broad SMARTS) is 1. The van der Waals surface area contributed by atoms with E-state index in [1.165, 1.54) is 23.2 Å². The lowest BCUT2D eigenvalue weighted by molar-refractivity contribution is -0.192. The summed E-state index contributed by atoms with van der Waals surface area (Å²) in [6, 6.07) is 11.7. The molecule has 5 N–H and O–H groups in total. The van der Waals surface area contributed by atoms with Crippen molar-refractivity contribution in [3.63, 3.8) is 0 Å². The van der Waals surface area contributed by atoms with Crippen LogP contribution in [0, 0.1) is 0 Å². The number of Topliss-reactive ketones (excluding diaryl/α,β-unsaturated/α-hetero) is 2. The third kappa shape index (κ3) is 8.58. The van der Waals surface area contributed by atoms with E-state index in [1.807, 2.05) is 36.4 Å². The van der Waals surface area contributed by atoms with Gasteiger partial charge >= 0.3 is 18.2 Å². The highest BCUT2D eigenvalue weighted by molar-refractivity contribution is 7.20. The fraction of sp³-hybridized carbons (Fsp3) is 0.357. The highest BCUT2D eigenvalue weighted by atomic mass is 32.1. The number of hydrogen-bond donors (Lipinski definition) is 4. The minimum absolute atomic E-state index is 0.237. The summed E-state index contributed by atoms with van der Waals surface area (Å²) in [6.45, 7) is 3.68. The number of fused-ring (bicyclic) bond motifs is 1. The van der Waals surface area contributed by atoms with Gasteiger partial charge in [-0.25, -0.2) is 14.6 Å². The van der Waals surface area contributed by atoms with Crippen molar-refractivity contribution in [2.75, 3.05) is 6.54 Å². The van der Waals surface area contributed by atoms with Crippen LogP contribution in [0.4, 0.5) is 18.0 Å². The van der Waals surface area contributed by atoms with E-state index < -0.39 is 36.3 Å². The Morgan fingerprint density at radius 3 is 2.28 bits per heavy atom. The quantitative estimate of drug-likeness (QED) is 0.277. The monoisotopic (exact) mass is 621 g/mol. The molecule has 1 aromatic heterocycles. The van der Waals surface area contributed by atoms with Crippen molar-refractivity contribution in [3.05, 3.63) is 64.7 Å². The van der Waals surface area contributed by atoms with Crippen LogP contribution in [0.5, 0.6) is 0 Å². The first-order chi connectivity index (χ1) is 20.2. The van der Waals surface area contributed by atoms with Gasteiger partial charge in [0.15, 0.2) is 10.8 Å². The molecule has 1 fully saturated rings. The fourth-order valence-electron chi connectivity index (χ4n) is 4.42. The van der Waals surface area contributed by atoms with E-state index in [4.69, 9.17) is 15.6 Å². The van der Waals surface area contributed by atoms with Crippen molar-refractivity contribution in [1.29, 1.82) is 0 Å². The van der Waals surface area contributed by atoms with Gasteiger partial charge in [-0.1, -0.05) is 36.4 Å². The Labute approximate surface area is 248 Å². The summed E-state index contributed by atoms with van der Waals surface area (Å²) < 4.78 is 32.6. The number of amides is 3. The van der Waals surface area contributed by atoms with Crippen molar-refractivity contribution in [2.45, 2.75) is 57.5 Å². The number of aliphatic carboxylic acids is 1. The molecule has 1 aliphatic rings. The van der Waals surface area contributed by atoms with Gasteiger partial charge in [-0.2, -0.15) is 13.2 Å². The topological polar surface area (TPSA) is 172 Å². The minimum atomic E-state index is -5.08. The number of nitrogens with two attached hydrogens (primary N) is 1. The van der Waals surface area contributed by atoms with Crippen LogP contribution in [0.2, 0.25) is 0 Å². The van der Waals surface area contributed by atoms with Crippen molar-refractivity contribution < 1.29 is 42.3 Å². The molecule has 1 aliphatic heterocycles. The lowest BCUT2D eigenvalue weighted by Gasteiger charge is -2.28. The predicted molar refractivity (Wildman–Crippen MR) is 151 cm³/mol. The molecule has 4 rings (SSSR count). The third-order valence-electron chi connectivity index (χ3n) is 6.51. The van der Waals surface area contributed by atoms with Crippen LogP contribution in [0.1, 0.15) is 53.7 Å². The first kappa shape index (κ1) is 33.1. The SMILES string of the molecule is CC(=O)N[C@H](C)C(=O)C1CCCN1C(=O)NC(C(=O)c1nc2ccccc2s1)c1ccc(CN)cc1.O=C(O)C(F)(F)F. The van der Waals surface area contributed by atoms with Gasteiger partial charge in [-0.05, 0) is 43.0 Å². The molecule has 2 heterocycles. The zero-order valence-corrected chi connectivity index (χ0v) is 24.0. The van der Waals surface area contributed by atoms with Gasteiger partial charge in [0.25, 0.3) is 0 Å². The van der Waals surface area contributed by atoms with Gasteiger partial charge in [-0.15, -0.1) is 11.3 Å². The lowest BCUT2D eigenvalue weighted by Crippen LogP contribution is -2.52. The zero-order valence-electron chi connectivity index (χ0n) is 23.2. The number of para-hydroxylation sites is 1. The van der Waals surface area contributed by atoms with E-state index >= 15 is 0 Å². The summed E-state index contributed by atoms with van der Waals surface area (Å²) in [6.07, 6.45) is -3.93. The van der Waals surface area contributed by atoms with Gasteiger partial charge < -0.3 is 26.4 Å². The predicted octanol–water partition coefficient (Wildman–Crippen LogP) is 3.58. The summed E-state index contributed by atoms with van der Waals surface area (Å²) in [4.78, 5) is 66.2. The second-order valence-corrected chi connectivity index (χ2v) is 10.7. The number of rotatable bonds is 8. The number of nitrogens with zero attached hydrogens (tertiary/aromatic N) is 2. The van der Waals surface area contributed by atoms with Crippen LogP contribution in [0.15, 0.2) is 48.5 Å². The fourth-order valence-corrected chi connectivity index (χ4v) is 5.36. The van der Waals surface area contributed by atoms with Crippen LogP contribution >= 0.6 is 11.3 Å². The Kier molecular flexibility index (Phi) is 10.9. The van der Waals surface area contributed by atoms with Crippen LogP contribution in [-0.4, -0.2) is 69.3 Å². The molecule has 3 atom stereocenters. The van der Waals surface area contributed by atoms with Gasteiger partial charge in [-0.3, -0.25) is 14.4 Å². The number of urea groups is 1. The van der Waals surface area contributed by atoms with Gasteiger partial charge in [0.05, 0.1) is 22.3 Å². The average Bonchev–Trinajstić information content (AvgIpc) is 3.62. The molecule has 0 radical (unpaired) electrons. The molecule has 0 saturated carbocycles. The molecule has 0 aliphatic carbocycles. The third-order valence-corrected chi connectivity index (χ3v) is 7.57. The number of carboxylic acids is 1. The molecule has 1 saturated heterocycles. The first-order valence-electron chi connectivity index (χ1n) is 13.1. The van der Waals surface area contributed by atoms with E-state index in [2.05, 4.69) is 15.6 Å². The van der Waals surface area contributed by atoms with E-state index in [0.717, 1.165) is 10.3 Å². The molecule has 0 spiro atoms. The van der Waals surface area contributed by atoms with E-state index in [-0.39, 0.29) is 22.5 Å². The standard InChI is InChI=1S/C26H29N5O4S.C2HF3O2/c1-15(28-16(2)32)23(33)20-7-5-13-31(20)26(35)30-22(18-11-9-17(14-27)10-12-18)24(34)25-29-19-6-3-4-8-21(19)36-25;3-2(4,5)1(6)7/h3-4,6,8-12,15,20,22H,5,7,13-14,27H2,1-2H3,(H,28,32)(H,30,35);(H,6,7)/t15-,20?,22?;/m1./s1. The van der Waals surface area contributed by atoms with Crippen molar-refractivity contribution in [3.8, 4) is 0 Å². The number of carbonyl (C=O) groups excluding carboxylic acids is 4. The Morgan fingerprint density at radius 2 is 1.72 bits per heavy atom. The molecular weight excluding hydrogens is 591 g/mol. The number of nitrogens with one attached hydrogen (secondary N) is 2. The largest absolute Gasteiger partial charge is 0.490 e. The van der Waals surface area contributed by atoms with Crippen molar-refractivity contribution in [2.24, 2.45) is 5.73 Å². The molecule has 3 aromatic rings. The molecule has 3 amide bonds. The molecule has 2 unspecified atom stereocenters. The smallest absolute Gasteiger partial charge is 0.475 e. The maximum Gasteiger partial charge on any atom is 0.490 e. The number of carbonyl (C=O) groups is 5. The molecule has 230 valence electrons. The summed E-state index contributed by atoms with van der Waals surface area (Å²) in [5, 5.41) is 12.9. The summed E-state index contributed by atoms with van der Waals surface area (Å²) >= 11 is 1.27. The maximum absolute atomic E-state index is 13.6. The number of aromatic nitrogens is 1. The zero-order chi connectivity index (χ0) is 31.9. The highest BCUT2D eigenvalue weighted by Crippen LogP contribution is 2.28. The van der Waals surface area contributed by atoms with Gasteiger partial charge in [0.1, 0.15) is 6.04 Å². The molecule has 2 aromatic carbocycles. The number of halogens is 3. The number of likely N-dealkylation sites (tertiary alicyclic amines) is 1. The normalized spacial score (nSPS) is 16.0. The molecule has 15 heteroatoms. The Morgan fingerprint density at radius 1 is 1.09 bits per heavy atom. The Hall–Kier alpha value is -4.37. The second-order valence-electron chi connectivity index (χ2n) is 9.66. The molecule has 11 nitrogen and oxygen atoms in total. The van der Waals surface area contributed by atoms with E-state index in [9.17, 15) is 32.3 Å². The summed E-state index contributed by atoms with van der Waals surface area (Å²) in [5.74, 6) is -3.64. The number of thiazole rings is 1. The Bertz CT molecular complexity index is 1460. The van der Waals surface area contributed by atoms with Gasteiger partial charge in [0, 0.05) is 20.0 Å². The molecule has 43 heavy (non-hydrogen) atoms. The first-order valence-corrected chi connectivity index (χ1v) is 13.9. The number of hydrogen-bond acceptors (Lipinski definition) is 8. The van der Waals surface area contributed by atoms with E-state index in [0.29, 0.717) is 37.0 Å². The summed E-state index contributed by atoms with van der Waals surface area (Å²) in [7, 11) is 0. The average molecular weight is 622 g/mol. The van der Waals surface area contributed by atoms with E-state index in [1.54, 1.807) is 19.1 Å². The second kappa shape index (κ2) is 14.2. The Balaban J connectivity index is 0.000000646. The van der Waals surface area contributed by atoms with Crippen LogP contribution in [-0.2, 0) is 20.9 Å². The van der Waals surface area contributed by atoms with Crippen LogP contribution in [0.3, 0.4) is 0 Å². The number of benzene rings is 2. The minimum Gasteiger partial charge on any atom is -0.475 e. The van der Waals surface area contributed by atoms with Gasteiger partial charge in [0.2, 0.25) is 11.7 Å². The van der Waals surface area contributed by atoms with Crippen LogP contribution in [0.25, 0.3) is 10.2 Å². The lowest BCUT2D eigenvalue weighted by atomic mass is 10.0. The number of alkyl halides is 3. The van der Waals surface area contributed by atoms with Crippen molar-refractivity contribution >= 4 is 51.0 Å².